The number of sulfonamides is 1. The lowest BCUT2D eigenvalue weighted by atomic mass is 10.1. The molecular formula is C18H20N2O6S. The zero-order chi connectivity index (χ0) is 19.9. The summed E-state index contributed by atoms with van der Waals surface area (Å²) in [7, 11) is -1.07. The molecule has 0 unspecified atom stereocenters. The number of amides is 1. The quantitative estimate of drug-likeness (QED) is 0.522. The molecule has 1 amide bonds. The Labute approximate surface area is 157 Å². The summed E-state index contributed by atoms with van der Waals surface area (Å²) >= 11 is 0. The smallest absolute Gasteiger partial charge is 0.339 e. The second kappa shape index (κ2) is 9.26. The van der Waals surface area contributed by atoms with Gasteiger partial charge in [0.15, 0.2) is 0 Å². The van der Waals surface area contributed by atoms with Crippen LogP contribution in [0.4, 0.5) is 5.69 Å². The van der Waals surface area contributed by atoms with E-state index in [1.165, 1.54) is 44.6 Å². The van der Waals surface area contributed by atoms with Gasteiger partial charge in [0.1, 0.15) is 0 Å². The van der Waals surface area contributed by atoms with Crippen LogP contribution in [0, 0.1) is 0 Å². The number of esters is 1. The summed E-state index contributed by atoms with van der Waals surface area (Å²) in [6, 6.07) is 11.9. The summed E-state index contributed by atoms with van der Waals surface area (Å²) in [5, 5.41) is 2.60. The molecule has 0 saturated heterocycles. The minimum atomic E-state index is -3.77. The highest BCUT2D eigenvalue weighted by atomic mass is 32.2. The Hall–Kier alpha value is -2.75. The van der Waals surface area contributed by atoms with Crippen LogP contribution in [0.3, 0.4) is 0 Å². The van der Waals surface area contributed by atoms with Crippen LogP contribution in [0.25, 0.3) is 0 Å². The number of nitrogens with one attached hydrogen (secondary N) is 2. The molecule has 0 atom stereocenters. The highest BCUT2D eigenvalue weighted by Gasteiger charge is 2.18. The van der Waals surface area contributed by atoms with E-state index in [2.05, 4.69) is 14.8 Å². The van der Waals surface area contributed by atoms with Gasteiger partial charge >= 0.3 is 5.97 Å². The van der Waals surface area contributed by atoms with E-state index in [0.717, 1.165) is 0 Å². The predicted octanol–water partition coefficient (Wildman–Crippen LogP) is 1.65. The maximum atomic E-state index is 12.5. The second-order valence-electron chi connectivity index (χ2n) is 5.41. The molecule has 9 heteroatoms. The van der Waals surface area contributed by atoms with Gasteiger partial charge < -0.3 is 14.8 Å². The fourth-order valence-corrected chi connectivity index (χ4v) is 3.30. The van der Waals surface area contributed by atoms with E-state index in [-0.39, 0.29) is 34.9 Å². The summed E-state index contributed by atoms with van der Waals surface area (Å²) in [6.07, 6.45) is 0. The van der Waals surface area contributed by atoms with Crippen LogP contribution in [-0.4, -0.2) is 47.7 Å². The summed E-state index contributed by atoms with van der Waals surface area (Å²) in [5.74, 6) is -1.15. The standard InChI is InChI=1S/C18H20N2O6S/c1-25-11-10-19-27(23,24)14-7-5-6-13(12-14)17(21)20-16-9-4-3-8-15(16)18(22)26-2/h3-9,12,19H,10-11H2,1-2H3,(H,20,21). The number of rotatable bonds is 8. The van der Waals surface area contributed by atoms with Gasteiger partial charge in [-0.15, -0.1) is 0 Å². The van der Waals surface area contributed by atoms with Crippen LogP contribution < -0.4 is 10.0 Å². The number of hydrogen-bond donors (Lipinski definition) is 2. The Balaban J connectivity index is 2.23. The molecule has 0 spiro atoms. The third kappa shape index (κ3) is 5.36. The molecule has 0 bridgehead atoms. The summed E-state index contributed by atoms with van der Waals surface area (Å²) < 4.78 is 36.4. The third-order valence-electron chi connectivity index (χ3n) is 3.59. The summed E-state index contributed by atoms with van der Waals surface area (Å²) in [5.41, 5.74) is 0.587. The highest BCUT2D eigenvalue weighted by Crippen LogP contribution is 2.18. The van der Waals surface area contributed by atoms with E-state index in [9.17, 15) is 18.0 Å². The zero-order valence-electron chi connectivity index (χ0n) is 14.9. The molecule has 2 N–H and O–H groups in total. The van der Waals surface area contributed by atoms with Gasteiger partial charge in [0, 0.05) is 19.2 Å². The first-order valence-electron chi connectivity index (χ1n) is 7.96. The predicted molar refractivity (Wildman–Crippen MR) is 99.2 cm³/mol. The first-order chi connectivity index (χ1) is 12.9. The molecule has 0 aliphatic carbocycles. The van der Waals surface area contributed by atoms with Crippen molar-refractivity contribution in [3.05, 3.63) is 59.7 Å². The highest BCUT2D eigenvalue weighted by molar-refractivity contribution is 7.89. The number of hydrogen-bond acceptors (Lipinski definition) is 6. The maximum absolute atomic E-state index is 12.5. The molecule has 27 heavy (non-hydrogen) atoms. The van der Waals surface area contributed by atoms with Gasteiger partial charge in [-0.25, -0.2) is 17.9 Å². The van der Waals surface area contributed by atoms with E-state index >= 15 is 0 Å². The minimum Gasteiger partial charge on any atom is -0.465 e. The lowest BCUT2D eigenvalue weighted by Gasteiger charge is -2.11. The lowest BCUT2D eigenvalue weighted by Crippen LogP contribution is -2.27. The van der Waals surface area contributed by atoms with E-state index in [4.69, 9.17) is 4.74 Å². The van der Waals surface area contributed by atoms with Gasteiger partial charge in [-0.2, -0.15) is 0 Å². The van der Waals surface area contributed by atoms with Crippen LogP contribution >= 0.6 is 0 Å². The van der Waals surface area contributed by atoms with E-state index in [1.54, 1.807) is 18.2 Å². The minimum absolute atomic E-state index is 0.0486. The zero-order valence-corrected chi connectivity index (χ0v) is 15.7. The van der Waals surface area contributed by atoms with Gasteiger partial charge in [0.25, 0.3) is 5.91 Å². The molecular weight excluding hydrogens is 372 g/mol. The monoisotopic (exact) mass is 392 g/mol. The first kappa shape index (κ1) is 20.6. The van der Waals surface area contributed by atoms with Gasteiger partial charge in [-0.1, -0.05) is 18.2 Å². The molecule has 2 aromatic rings. The molecule has 144 valence electrons. The second-order valence-corrected chi connectivity index (χ2v) is 7.18. The Bertz CT molecular complexity index is 927. The average molecular weight is 392 g/mol. The molecule has 0 heterocycles. The van der Waals surface area contributed by atoms with Crippen molar-refractivity contribution in [2.45, 2.75) is 4.90 Å². The third-order valence-corrected chi connectivity index (χ3v) is 5.04. The number of carbonyl (C=O) groups is 2. The van der Waals surface area contributed by atoms with Crippen LogP contribution in [-0.2, 0) is 19.5 Å². The maximum Gasteiger partial charge on any atom is 0.339 e. The van der Waals surface area contributed by atoms with Crippen LogP contribution in [0.2, 0.25) is 0 Å². The number of carbonyl (C=O) groups excluding carboxylic acids is 2. The number of ether oxygens (including phenoxy) is 2. The Morgan fingerprint density at radius 2 is 1.78 bits per heavy atom. The molecule has 8 nitrogen and oxygen atoms in total. The SMILES string of the molecule is COCCNS(=O)(=O)c1cccc(C(=O)Nc2ccccc2C(=O)OC)c1. The van der Waals surface area contributed by atoms with Crippen molar-refractivity contribution < 1.29 is 27.5 Å². The Kier molecular flexibility index (Phi) is 7.05. The van der Waals surface area contributed by atoms with E-state index in [0.29, 0.717) is 0 Å². The molecule has 0 aromatic heterocycles. The first-order valence-corrected chi connectivity index (χ1v) is 9.44. The van der Waals surface area contributed by atoms with Crippen molar-refractivity contribution >= 4 is 27.6 Å². The fraction of sp³-hybridized carbons (Fsp3) is 0.222. The van der Waals surface area contributed by atoms with Gasteiger partial charge in [-0.3, -0.25) is 4.79 Å². The molecule has 0 aliphatic rings. The lowest BCUT2D eigenvalue weighted by molar-refractivity contribution is 0.0602. The van der Waals surface area contributed by atoms with Crippen LogP contribution in [0.5, 0.6) is 0 Å². The molecule has 2 aromatic carbocycles. The van der Waals surface area contributed by atoms with Crippen molar-refractivity contribution in [3.63, 3.8) is 0 Å². The van der Waals surface area contributed by atoms with E-state index < -0.39 is 21.9 Å². The average Bonchev–Trinajstić information content (AvgIpc) is 2.68. The van der Waals surface area contributed by atoms with Crippen LogP contribution in [0.1, 0.15) is 20.7 Å². The van der Waals surface area contributed by atoms with Gasteiger partial charge in [0.05, 0.1) is 29.9 Å². The van der Waals surface area contributed by atoms with Crippen molar-refractivity contribution in [2.24, 2.45) is 0 Å². The van der Waals surface area contributed by atoms with E-state index in [1.807, 2.05) is 0 Å². The molecule has 0 fully saturated rings. The normalized spacial score (nSPS) is 11.0. The molecule has 2 rings (SSSR count). The van der Waals surface area contributed by atoms with Crippen molar-refractivity contribution in [2.75, 3.05) is 32.7 Å². The number of para-hydroxylation sites is 1. The molecule has 0 radical (unpaired) electrons. The Morgan fingerprint density at radius 1 is 1.04 bits per heavy atom. The fourth-order valence-electron chi connectivity index (χ4n) is 2.24. The van der Waals surface area contributed by atoms with Crippen LogP contribution in [0.15, 0.2) is 53.4 Å². The largest absolute Gasteiger partial charge is 0.465 e. The molecule has 0 aliphatic heterocycles. The number of methoxy groups -OCH3 is 2. The molecule has 0 saturated carbocycles. The number of benzene rings is 2. The van der Waals surface area contributed by atoms with Gasteiger partial charge in [0.2, 0.25) is 10.0 Å². The summed E-state index contributed by atoms with van der Waals surface area (Å²) in [6.45, 7) is 0.339. The summed E-state index contributed by atoms with van der Waals surface area (Å²) in [4.78, 5) is 24.3. The topological polar surface area (TPSA) is 111 Å². The van der Waals surface area contributed by atoms with Crippen molar-refractivity contribution in [1.29, 1.82) is 0 Å². The Morgan fingerprint density at radius 3 is 2.48 bits per heavy atom. The van der Waals surface area contributed by atoms with Crippen molar-refractivity contribution in [3.8, 4) is 0 Å². The number of anilines is 1. The van der Waals surface area contributed by atoms with Gasteiger partial charge in [-0.05, 0) is 30.3 Å². The van der Waals surface area contributed by atoms with Crippen molar-refractivity contribution in [1.82, 2.24) is 4.72 Å².